The lowest BCUT2D eigenvalue weighted by Crippen LogP contribution is -2.46. The van der Waals surface area contributed by atoms with Gasteiger partial charge in [-0.1, -0.05) is 13.8 Å². The van der Waals surface area contributed by atoms with E-state index in [1.807, 2.05) is 0 Å². The van der Waals surface area contributed by atoms with Gasteiger partial charge >= 0.3 is 0 Å². The highest BCUT2D eigenvalue weighted by Crippen LogP contribution is 2.32. The van der Waals surface area contributed by atoms with Crippen molar-refractivity contribution >= 4 is 17.2 Å². The molecule has 140 valence electrons. The Bertz CT molecular complexity index is 563. The number of thiophene rings is 1. The van der Waals surface area contributed by atoms with Crippen LogP contribution in [0.4, 0.5) is 0 Å². The molecule has 3 rings (SSSR count). The fraction of sp³-hybridized carbons (Fsp3) is 0.750. The number of hydrogen-bond donors (Lipinski definition) is 1. The van der Waals surface area contributed by atoms with Crippen LogP contribution in [-0.4, -0.2) is 61.5 Å². The van der Waals surface area contributed by atoms with E-state index in [0.29, 0.717) is 0 Å². The Morgan fingerprint density at radius 1 is 1.24 bits per heavy atom. The van der Waals surface area contributed by atoms with Crippen molar-refractivity contribution in [2.75, 3.05) is 45.8 Å². The number of likely N-dealkylation sites (N-methyl/N-ethyl adjacent to an activating group) is 1. The topological polar surface area (TPSA) is 35.6 Å². The standard InChI is InChI=1S/C20H33N3OS/c1-3-22-10-12-23(13-11-22)9-5-4-8-21-20(24)18-15-25-19-14-16(2)6-7-17(18)19/h15-16H,3-14H2,1-2H3,(H,21,24). The van der Waals surface area contributed by atoms with Crippen LogP contribution in [0, 0.1) is 5.92 Å². The fourth-order valence-electron chi connectivity index (χ4n) is 3.95. The zero-order chi connectivity index (χ0) is 17.6. The summed E-state index contributed by atoms with van der Waals surface area (Å²) >= 11 is 1.78. The van der Waals surface area contributed by atoms with Gasteiger partial charge in [0.2, 0.25) is 0 Å². The second-order valence-corrected chi connectivity index (χ2v) is 8.60. The molecule has 4 nitrogen and oxygen atoms in total. The fourth-order valence-corrected chi connectivity index (χ4v) is 5.20. The molecule has 0 spiro atoms. The number of carbonyl (C=O) groups is 1. The number of carbonyl (C=O) groups excluding carboxylic acids is 1. The molecule has 2 heterocycles. The van der Waals surface area contributed by atoms with Crippen molar-refractivity contribution in [2.45, 2.75) is 46.0 Å². The summed E-state index contributed by atoms with van der Waals surface area (Å²) < 4.78 is 0. The summed E-state index contributed by atoms with van der Waals surface area (Å²) in [6.07, 6.45) is 5.69. The lowest BCUT2D eigenvalue weighted by atomic mass is 9.88. The third-order valence-electron chi connectivity index (χ3n) is 5.75. The van der Waals surface area contributed by atoms with Crippen LogP contribution in [0.2, 0.25) is 0 Å². The number of nitrogens with one attached hydrogen (secondary N) is 1. The third kappa shape index (κ3) is 5.05. The maximum absolute atomic E-state index is 12.5. The van der Waals surface area contributed by atoms with Gasteiger partial charge in [-0.05, 0) is 56.7 Å². The zero-order valence-corrected chi connectivity index (χ0v) is 16.7. The molecule has 1 atom stereocenters. The van der Waals surface area contributed by atoms with Gasteiger partial charge in [-0.15, -0.1) is 11.3 Å². The Hall–Kier alpha value is -0.910. The van der Waals surface area contributed by atoms with Crippen LogP contribution in [0.25, 0.3) is 0 Å². The van der Waals surface area contributed by atoms with Crippen molar-refractivity contribution in [1.29, 1.82) is 0 Å². The van der Waals surface area contributed by atoms with E-state index in [1.165, 1.54) is 62.6 Å². The number of piperazine rings is 1. The Morgan fingerprint density at radius 3 is 2.76 bits per heavy atom. The highest BCUT2D eigenvalue weighted by atomic mass is 32.1. The van der Waals surface area contributed by atoms with Gasteiger partial charge in [0.05, 0.1) is 5.56 Å². The van der Waals surface area contributed by atoms with Crippen LogP contribution < -0.4 is 5.32 Å². The summed E-state index contributed by atoms with van der Waals surface area (Å²) in [6, 6.07) is 0. The zero-order valence-electron chi connectivity index (χ0n) is 15.9. The van der Waals surface area contributed by atoms with Crippen LogP contribution in [-0.2, 0) is 12.8 Å². The summed E-state index contributed by atoms with van der Waals surface area (Å²) in [4.78, 5) is 19.0. The van der Waals surface area contributed by atoms with Gasteiger partial charge < -0.3 is 15.1 Å². The van der Waals surface area contributed by atoms with E-state index in [4.69, 9.17) is 0 Å². The highest BCUT2D eigenvalue weighted by Gasteiger charge is 2.23. The Labute approximate surface area is 156 Å². The summed E-state index contributed by atoms with van der Waals surface area (Å²) in [6.45, 7) is 12.5. The van der Waals surface area contributed by atoms with Crippen molar-refractivity contribution in [3.05, 3.63) is 21.4 Å². The molecule has 1 saturated heterocycles. The first-order chi connectivity index (χ1) is 12.2. The summed E-state index contributed by atoms with van der Waals surface area (Å²) in [5, 5.41) is 5.22. The van der Waals surface area contributed by atoms with E-state index in [-0.39, 0.29) is 5.91 Å². The summed E-state index contributed by atoms with van der Waals surface area (Å²) in [7, 11) is 0. The highest BCUT2D eigenvalue weighted by molar-refractivity contribution is 7.10. The predicted octanol–water partition coefficient (Wildman–Crippen LogP) is 3.02. The van der Waals surface area contributed by atoms with Gasteiger partial charge in [0.1, 0.15) is 0 Å². The van der Waals surface area contributed by atoms with Crippen LogP contribution in [0.1, 0.15) is 53.9 Å². The molecule has 1 aromatic rings. The van der Waals surface area contributed by atoms with Crippen molar-refractivity contribution in [2.24, 2.45) is 5.92 Å². The van der Waals surface area contributed by atoms with E-state index in [0.717, 1.165) is 37.3 Å². The van der Waals surface area contributed by atoms with Crippen molar-refractivity contribution in [3.63, 3.8) is 0 Å². The second-order valence-electron chi connectivity index (χ2n) is 7.64. The molecule has 1 aliphatic heterocycles. The van der Waals surface area contributed by atoms with Gasteiger partial charge in [0, 0.05) is 43.0 Å². The van der Waals surface area contributed by atoms with Crippen molar-refractivity contribution in [3.8, 4) is 0 Å². The SMILES string of the molecule is CCN1CCN(CCCCNC(=O)c2csc3c2CCC(C)C3)CC1. The normalized spacial score (nSPS) is 21.9. The largest absolute Gasteiger partial charge is 0.352 e. The molecule has 0 radical (unpaired) electrons. The Kier molecular flexibility index (Phi) is 6.91. The molecule has 1 aliphatic carbocycles. The van der Waals surface area contributed by atoms with Gasteiger partial charge in [0.25, 0.3) is 5.91 Å². The molecule has 0 aromatic carbocycles. The van der Waals surface area contributed by atoms with Crippen molar-refractivity contribution in [1.82, 2.24) is 15.1 Å². The molecule has 1 aromatic heterocycles. The van der Waals surface area contributed by atoms with Gasteiger partial charge in [-0.25, -0.2) is 0 Å². The lowest BCUT2D eigenvalue weighted by Gasteiger charge is -2.33. The van der Waals surface area contributed by atoms with E-state index in [2.05, 4.69) is 34.3 Å². The molecule has 2 aliphatic rings. The molecular formula is C20H33N3OS. The maximum atomic E-state index is 12.5. The second kappa shape index (κ2) is 9.15. The van der Waals surface area contributed by atoms with Crippen LogP contribution in [0.5, 0.6) is 0 Å². The number of hydrogen-bond acceptors (Lipinski definition) is 4. The number of fused-ring (bicyclic) bond motifs is 1. The first kappa shape index (κ1) is 18.9. The predicted molar refractivity (Wildman–Crippen MR) is 106 cm³/mol. The van der Waals surface area contributed by atoms with E-state index in [9.17, 15) is 4.79 Å². The summed E-state index contributed by atoms with van der Waals surface area (Å²) in [5.74, 6) is 0.907. The van der Waals surface area contributed by atoms with E-state index >= 15 is 0 Å². The molecule has 1 fully saturated rings. The number of nitrogens with zero attached hydrogens (tertiary/aromatic N) is 2. The minimum absolute atomic E-state index is 0.142. The van der Waals surface area contributed by atoms with Gasteiger partial charge in [-0.3, -0.25) is 4.79 Å². The van der Waals surface area contributed by atoms with Gasteiger partial charge in [0.15, 0.2) is 0 Å². The van der Waals surface area contributed by atoms with Gasteiger partial charge in [-0.2, -0.15) is 0 Å². The van der Waals surface area contributed by atoms with E-state index in [1.54, 1.807) is 11.3 Å². The Balaban J connectivity index is 1.34. The Morgan fingerprint density at radius 2 is 2.00 bits per heavy atom. The summed E-state index contributed by atoms with van der Waals surface area (Å²) in [5.41, 5.74) is 2.27. The number of unbranched alkanes of at least 4 members (excludes halogenated alkanes) is 1. The molecule has 0 bridgehead atoms. The first-order valence-corrected chi connectivity index (χ1v) is 10.9. The monoisotopic (exact) mass is 363 g/mol. The van der Waals surface area contributed by atoms with E-state index < -0.39 is 0 Å². The molecule has 0 saturated carbocycles. The first-order valence-electron chi connectivity index (χ1n) is 9.99. The quantitative estimate of drug-likeness (QED) is 0.757. The molecule has 25 heavy (non-hydrogen) atoms. The minimum Gasteiger partial charge on any atom is -0.352 e. The number of amides is 1. The smallest absolute Gasteiger partial charge is 0.252 e. The van der Waals surface area contributed by atoms with Crippen molar-refractivity contribution < 1.29 is 4.79 Å². The number of rotatable bonds is 7. The molecule has 1 N–H and O–H groups in total. The van der Waals surface area contributed by atoms with Crippen LogP contribution in [0.15, 0.2) is 5.38 Å². The molecule has 1 unspecified atom stereocenters. The molecule has 1 amide bonds. The average Bonchev–Trinajstić information content (AvgIpc) is 3.05. The maximum Gasteiger partial charge on any atom is 0.252 e. The van der Waals surface area contributed by atoms with Crippen LogP contribution >= 0.6 is 11.3 Å². The van der Waals surface area contributed by atoms with Crippen LogP contribution in [0.3, 0.4) is 0 Å². The lowest BCUT2D eigenvalue weighted by molar-refractivity contribution is 0.0950. The third-order valence-corrected chi connectivity index (χ3v) is 6.80. The minimum atomic E-state index is 0.142. The average molecular weight is 364 g/mol. The molecular weight excluding hydrogens is 330 g/mol. The molecule has 5 heteroatoms.